The van der Waals surface area contributed by atoms with Crippen molar-refractivity contribution in [2.45, 2.75) is 12.5 Å². The quantitative estimate of drug-likeness (QED) is 0.880. The molecule has 0 aliphatic carbocycles. The molecule has 6 heteroatoms. The van der Waals surface area contributed by atoms with Gasteiger partial charge in [0.2, 0.25) is 0 Å². The van der Waals surface area contributed by atoms with Gasteiger partial charge >= 0.3 is 0 Å². The van der Waals surface area contributed by atoms with Crippen molar-refractivity contribution in [3.8, 4) is 23.0 Å². The van der Waals surface area contributed by atoms with E-state index in [1.165, 1.54) is 24.3 Å². The first-order chi connectivity index (χ1) is 11.7. The first-order valence-electron chi connectivity index (χ1n) is 7.79. The van der Waals surface area contributed by atoms with Crippen LogP contribution >= 0.6 is 0 Å². The summed E-state index contributed by atoms with van der Waals surface area (Å²) in [7, 11) is 0. The molecule has 0 amide bonds. The van der Waals surface area contributed by atoms with Crippen LogP contribution in [0.4, 0.5) is 4.39 Å². The van der Waals surface area contributed by atoms with E-state index in [4.69, 9.17) is 18.9 Å². The zero-order chi connectivity index (χ0) is 16.8. The third-order valence-corrected chi connectivity index (χ3v) is 3.42. The second-order valence-electron chi connectivity index (χ2n) is 5.39. The van der Waals surface area contributed by atoms with Gasteiger partial charge in [-0.25, -0.2) is 4.39 Å². The van der Waals surface area contributed by atoms with Crippen LogP contribution < -0.4 is 18.9 Å². The Morgan fingerprint density at radius 3 is 2.29 bits per heavy atom. The molecule has 1 unspecified atom stereocenters. The number of fused-ring (bicyclic) bond motifs is 1. The molecule has 1 heterocycles. The molecule has 24 heavy (non-hydrogen) atoms. The second-order valence-corrected chi connectivity index (χ2v) is 5.39. The summed E-state index contributed by atoms with van der Waals surface area (Å²) in [5.74, 6) is 2.08. The lowest BCUT2D eigenvalue weighted by Gasteiger charge is -2.15. The third-order valence-electron chi connectivity index (χ3n) is 3.42. The fraction of sp³-hybridized carbons (Fsp3) is 0.333. The van der Waals surface area contributed by atoms with E-state index in [-0.39, 0.29) is 19.0 Å². The van der Waals surface area contributed by atoms with Gasteiger partial charge in [-0.15, -0.1) is 0 Å². The average Bonchev–Trinajstić information content (AvgIpc) is 2.84. The molecule has 0 fully saturated rings. The molecule has 0 radical (unpaired) electrons. The molecule has 1 aliphatic heterocycles. The molecule has 1 aliphatic rings. The predicted octanol–water partition coefficient (Wildman–Crippen LogP) is 2.81. The number of aliphatic hydroxyl groups excluding tert-OH is 1. The van der Waals surface area contributed by atoms with E-state index >= 15 is 0 Å². The SMILES string of the molecule is OC(COc1ccc(F)cc1)COc1ccc2c(c1)OCCCO2. The summed E-state index contributed by atoms with van der Waals surface area (Å²) in [6.07, 6.45) is 0.0237. The smallest absolute Gasteiger partial charge is 0.164 e. The van der Waals surface area contributed by atoms with Crippen molar-refractivity contribution >= 4 is 0 Å². The van der Waals surface area contributed by atoms with E-state index in [0.29, 0.717) is 36.2 Å². The minimum Gasteiger partial charge on any atom is -0.491 e. The number of halogens is 1. The molecule has 0 spiro atoms. The lowest BCUT2D eigenvalue weighted by atomic mass is 10.3. The zero-order valence-corrected chi connectivity index (χ0v) is 13.1. The maximum Gasteiger partial charge on any atom is 0.164 e. The molecule has 128 valence electrons. The van der Waals surface area contributed by atoms with Gasteiger partial charge < -0.3 is 24.1 Å². The van der Waals surface area contributed by atoms with Gasteiger partial charge in [-0.3, -0.25) is 0 Å². The highest BCUT2D eigenvalue weighted by molar-refractivity contribution is 5.45. The second kappa shape index (κ2) is 7.88. The Labute approximate surface area is 139 Å². The van der Waals surface area contributed by atoms with Crippen molar-refractivity contribution in [3.63, 3.8) is 0 Å². The monoisotopic (exact) mass is 334 g/mol. The van der Waals surface area contributed by atoms with E-state index in [0.717, 1.165) is 6.42 Å². The molecule has 0 bridgehead atoms. The van der Waals surface area contributed by atoms with Crippen LogP contribution in [0.3, 0.4) is 0 Å². The fourth-order valence-electron chi connectivity index (χ4n) is 2.20. The minimum absolute atomic E-state index is 0.0518. The maximum absolute atomic E-state index is 12.8. The normalized spacial score (nSPS) is 14.6. The Balaban J connectivity index is 1.48. The van der Waals surface area contributed by atoms with Crippen LogP contribution in [-0.4, -0.2) is 37.6 Å². The van der Waals surface area contributed by atoms with Crippen LogP contribution in [-0.2, 0) is 0 Å². The molecule has 0 saturated heterocycles. The van der Waals surface area contributed by atoms with Crippen LogP contribution in [0.15, 0.2) is 42.5 Å². The number of benzene rings is 2. The first-order valence-corrected chi connectivity index (χ1v) is 7.79. The van der Waals surface area contributed by atoms with E-state index < -0.39 is 6.10 Å². The van der Waals surface area contributed by atoms with Gasteiger partial charge in [-0.1, -0.05) is 0 Å². The summed E-state index contributed by atoms with van der Waals surface area (Å²) < 4.78 is 34.9. The molecule has 5 nitrogen and oxygen atoms in total. The lowest BCUT2D eigenvalue weighted by Crippen LogP contribution is -2.25. The number of ether oxygens (including phenoxy) is 4. The number of aliphatic hydroxyl groups is 1. The van der Waals surface area contributed by atoms with Crippen molar-refractivity contribution in [1.82, 2.24) is 0 Å². The number of hydrogen-bond acceptors (Lipinski definition) is 5. The van der Waals surface area contributed by atoms with Crippen LogP contribution in [0.2, 0.25) is 0 Å². The summed E-state index contributed by atoms with van der Waals surface area (Å²) >= 11 is 0. The summed E-state index contributed by atoms with van der Waals surface area (Å²) in [4.78, 5) is 0. The van der Waals surface area contributed by atoms with Gasteiger partial charge in [0, 0.05) is 12.5 Å². The van der Waals surface area contributed by atoms with Gasteiger partial charge in [0.15, 0.2) is 11.5 Å². The Morgan fingerprint density at radius 1 is 0.917 bits per heavy atom. The van der Waals surface area contributed by atoms with Gasteiger partial charge in [0.25, 0.3) is 0 Å². The molecular formula is C18H19FO5. The molecular weight excluding hydrogens is 315 g/mol. The summed E-state index contributed by atoms with van der Waals surface area (Å²) in [6.45, 7) is 1.36. The van der Waals surface area contributed by atoms with Gasteiger partial charge in [-0.2, -0.15) is 0 Å². The van der Waals surface area contributed by atoms with Crippen molar-refractivity contribution < 1.29 is 28.4 Å². The molecule has 0 saturated carbocycles. The summed E-state index contributed by atoms with van der Waals surface area (Å²) in [6, 6.07) is 10.9. The molecule has 2 aromatic carbocycles. The van der Waals surface area contributed by atoms with Crippen LogP contribution in [0.25, 0.3) is 0 Å². The standard InChI is InChI=1S/C18H19FO5/c19-13-2-4-15(5-3-13)23-11-14(20)12-24-16-6-7-17-18(10-16)22-9-1-8-21-17/h2-7,10,14,20H,1,8-9,11-12H2. The molecule has 1 N–H and O–H groups in total. The molecule has 0 aromatic heterocycles. The Hall–Kier alpha value is -2.47. The zero-order valence-electron chi connectivity index (χ0n) is 13.1. The first kappa shape index (κ1) is 16.4. The topological polar surface area (TPSA) is 57.2 Å². The Bertz CT molecular complexity index is 659. The number of rotatable bonds is 6. The molecule has 2 aromatic rings. The average molecular weight is 334 g/mol. The Morgan fingerprint density at radius 2 is 1.54 bits per heavy atom. The summed E-state index contributed by atoms with van der Waals surface area (Å²) in [5, 5.41) is 9.93. The molecule has 3 rings (SSSR count). The van der Waals surface area contributed by atoms with Crippen LogP contribution in [0, 0.1) is 5.82 Å². The van der Waals surface area contributed by atoms with E-state index in [9.17, 15) is 9.50 Å². The minimum atomic E-state index is -0.814. The largest absolute Gasteiger partial charge is 0.491 e. The summed E-state index contributed by atoms with van der Waals surface area (Å²) in [5.41, 5.74) is 0. The van der Waals surface area contributed by atoms with Crippen molar-refractivity contribution in [2.24, 2.45) is 0 Å². The van der Waals surface area contributed by atoms with E-state index in [1.807, 2.05) is 0 Å². The highest BCUT2D eigenvalue weighted by Crippen LogP contribution is 2.33. The van der Waals surface area contributed by atoms with Crippen LogP contribution in [0.1, 0.15) is 6.42 Å². The Kier molecular flexibility index (Phi) is 5.38. The van der Waals surface area contributed by atoms with Gasteiger partial charge in [0.1, 0.15) is 36.6 Å². The van der Waals surface area contributed by atoms with E-state index in [1.54, 1.807) is 18.2 Å². The van der Waals surface area contributed by atoms with Crippen LogP contribution in [0.5, 0.6) is 23.0 Å². The van der Waals surface area contributed by atoms with Crippen molar-refractivity contribution in [2.75, 3.05) is 26.4 Å². The fourth-order valence-corrected chi connectivity index (χ4v) is 2.20. The van der Waals surface area contributed by atoms with Crippen molar-refractivity contribution in [1.29, 1.82) is 0 Å². The predicted molar refractivity (Wildman–Crippen MR) is 85.4 cm³/mol. The van der Waals surface area contributed by atoms with Gasteiger partial charge in [-0.05, 0) is 36.4 Å². The third kappa shape index (κ3) is 4.52. The number of hydrogen-bond donors (Lipinski definition) is 1. The van der Waals surface area contributed by atoms with Crippen molar-refractivity contribution in [3.05, 3.63) is 48.3 Å². The molecule has 1 atom stereocenters. The lowest BCUT2D eigenvalue weighted by molar-refractivity contribution is 0.0625. The highest BCUT2D eigenvalue weighted by Gasteiger charge is 2.12. The maximum atomic E-state index is 12.8. The van der Waals surface area contributed by atoms with E-state index in [2.05, 4.69) is 0 Å². The highest BCUT2D eigenvalue weighted by atomic mass is 19.1. The van der Waals surface area contributed by atoms with Gasteiger partial charge in [0.05, 0.1) is 13.2 Å².